The highest BCUT2D eigenvalue weighted by Crippen LogP contribution is 2.39. The summed E-state index contributed by atoms with van der Waals surface area (Å²) in [6.45, 7) is 11.1. The van der Waals surface area contributed by atoms with E-state index >= 15 is 0 Å². The van der Waals surface area contributed by atoms with Crippen LogP contribution in [0.2, 0.25) is 0 Å². The first kappa shape index (κ1) is 24.7. The van der Waals surface area contributed by atoms with Gasteiger partial charge in [0.25, 0.3) is 5.91 Å². The summed E-state index contributed by atoms with van der Waals surface area (Å²) in [5.74, 6) is 0.661. The number of carbonyl (C=O) groups excluding carboxylic acids is 2. The molecule has 0 fully saturated rings. The highest BCUT2D eigenvalue weighted by molar-refractivity contribution is 5.83. The molecule has 0 bridgehead atoms. The number of nitrogens with one attached hydrogen (secondary N) is 1. The van der Waals surface area contributed by atoms with Crippen LogP contribution in [0.1, 0.15) is 63.8 Å². The minimum atomic E-state index is -0.544. The molecule has 0 radical (unpaired) electrons. The molecule has 1 N–H and O–H groups in total. The zero-order chi connectivity index (χ0) is 24.2. The average molecular weight is 455 g/mol. The lowest BCUT2D eigenvalue weighted by Crippen LogP contribution is -2.45. The molecular weight excluding hydrogens is 419 g/mol. The van der Waals surface area contributed by atoms with E-state index in [0.29, 0.717) is 24.8 Å². The summed E-state index contributed by atoms with van der Waals surface area (Å²) < 4.78 is 19.4. The van der Waals surface area contributed by atoms with Gasteiger partial charge >= 0.3 is 0 Å². The van der Waals surface area contributed by atoms with Crippen LogP contribution in [-0.4, -0.2) is 36.4 Å². The highest BCUT2D eigenvalue weighted by atomic mass is 19.1. The van der Waals surface area contributed by atoms with Crippen molar-refractivity contribution in [2.75, 3.05) is 19.7 Å². The molecule has 178 valence electrons. The Bertz CT molecular complexity index is 980. The van der Waals surface area contributed by atoms with Crippen molar-refractivity contribution in [1.82, 2.24) is 10.2 Å². The number of halogens is 1. The number of amides is 2. The SMILES string of the molecule is CC(C)CCNC(=O)COc1ccc2c(c1)[C@H](c1ccc(F)cc1)N(C(=O)C(C)(C)C)CC2. The van der Waals surface area contributed by atoms with Gasteiger partial charge in [-0.3, -0.25) is 9.59 Å². The van der Waals surface area contributed by atoms with Gasteiger partial charge < -0.3 is 15.0 Å². The molecule has 5 nitrogen and oxygen atoms in total. The van der Waals surface area contributed by atoms with E-state index in [9.17, 15) is 14.0 Å². The summed E-state index contributed by atoms with van der Waals surface area (Å²) >= 11 is 0. The van der Waals surface area contributed by atoms with Gasteiger partial charge in [-0.25, -0.2) is 4.39 Å². The molecule has 6 heteroatoms. The molecule has 0 aliphatic carbocycles. The average Bonchev–Trinajstić information content (AvgIpc) is 2.76. The Hall–Kier alpha value is -2.89. The van der Waals surface area contributed by atoms with Gasteiger partial charge in [-0.05, 0) is 59.7 Å². The number of hydrogen-bond donors (Lipinski definition) is 1. The van der Waals surface area contributed by atoms with Gasteiger partial charge in [0.1, 0.15) is 11.6 Å². The van der Waals surface area contributed by atoms with Crippen molar-refractivity contribution in [3.05, 3.63) is 65.0 Å². The molecule has 1 aliphatic rings. The van der Waals surface area contributed by atoms with E-state index in [-0.39, 0.29) is 30.3 Å². The van der Waals surface area contributed by atoms with Gasteiger partial charge in [0.15, 0.2) is 6.61 Å². The first-order valence-corrected chi connectivity index (χ1v) is 11.6. The zero-order valence-electron chi connectivity index (χ0n) is 20.3. The molecule has 1 atom stereocenters. The Morgan fingerprint density at radius 3 is 2.48 bits per heavy atom. The van der Waals surface area contributed by atoms with Crippen molar-refractivity contribution < 1.29 is 18.7 Å². The van der Waals surface area contributed by atoms with Crippen molar-refractivity contribution in [2.45, 2.75) is 53.5 Å². The van der Waals surface area contributed by atoms with E-state index in [1.807, 2.05) is 43.9 Å². The van der Waals surface area contributed by atoms with Crippen LogP contribution in [0.3, 0.4) is 0 Å². The lowest BCUT2D eigenvalue weighted by molar-refractivity contribution is -0.141. The van der Waals surface area contributed by atoms with Crippen LogP contribution in [-0.2, 0) is 16.0 Å². The lowest BCUT2D eigenvalue weighted by atomic mass is 9.85. The second-order valence-corrected chi connectivity index (χ2v) is 10.1. The monoisotopic (exact) mass is 454 g/mol. The summed E-state index contributed by atoms with van der Waals surface area (Å²) in [5.41, 5.74) is 2.37. The number of rotatable bonds is 7. The molecule has 0 spiro atoms. The number of nitrogens with zero attached hydrogens (tertiary/aromatic N) is 1. The highest BCUT2D eigenvalue weighted by Gasteiger charge is 2.37. The maximum atomic E-state index is 13.6. The molecule has 0 saturated heterocycles. The van der Waals surface area contributed by atoms with Crippen molar-refractivity contribution in [3.63, 3.8) is 0 Å². The maximum Gasteiger partial charge on any atom is 0.257 e. The van der Waals surface area contributed by atoms with Crippen LogP contribution in [0.4, 0.5) is 4.39 Å². The Kier molecular flexibility index (Phi) is 7.77. The summed E-state index contributed by atoms with van der Waals surface area (Å²) in [6.07, 6.45) is 1.65. The van der Waals surface area contributed by atoms with Gasteiger partial charge in [-0.1, -0.05) is 52.8 Å². The maximum absolute atomic E-state index is 13.6. The first-order chi connectivity index (χ1) is 15.6. The van der Waals surface area contributed by atoms with Gasteiger partial charge in [0, 0.05) is 18.5 Å². The normalized spacial score (nSPS) is 15.8. The van der Waals surface area contributed by atoms with Crippen molar-refractivity contribution in [2.24, 2.45) is 11.3 Å². The smallest absolute Gasteiger partial charge is 0.257 e. The minimum Gasteiger partial charge on any atom is -0.484 e. The second-order valence-electron chi connectivity index (χ2n) is 10.1. The van der Waals surface area contributed by atoms with Crippen LogP contribution in [0, 0.1) is 17.2 Å². The van der Waals surface area contributed by atoms with Crippen LogP contribution < -0.4 is 10.1 Å². The molecule has 2 aromatic rings. The number of ether oxygens (including phenoxy) is 1. The Balaban J connectivity index is 1.86. The van der Waals surface area contributed by atoms with E-state index in [0.717, 1.165) is 29.5 Å². The van der Waals surface area contributed by atoms with Crippen LogP contribution in [0.5, 0.6) is 5.75 Å². The van der Waals surface area contributed by atoms with Gasteiger partial charge in [0.05, 0.1) is 6.04 Å². The Labute approximate surface area is 196 Å². The first-order valence-electron chi connectivity index (χ1n) is 11.6. The molecule has 1 aliphatic heterocycles. The minimum absolute atomic E-state index is 0.0401. The topological polar surface area (TPSA) is 58.6 Å². The van der Waals surface area contributed by atoms with E-state index in [1.54, 1.807) is 12.1 Å². The molecule has 2 aromatic carbocycles. The van der Waals surface area contributed by atoms with E-state index < -0.39 is 5.41 Å². The summed E-state index contributed by atoms with van der Waals surface area (Å²) in [5, 5.41) is 2.87. The predicted octanol–water partition coefficient (Wildman–Crippen LogP) is 4.89. The zero-order valence-corrected chi connectivity index (χ0v) is 20.3. The van der Waals surface area contributed by atoms with Crippen molar-refractivity contribution >= 4 is 11.8 Å². The molecule has 2 amide bonds. The summed E-state index contributed by atoms with van der Waals surface area (Å²) in [7, 11) is 0. The Morgan fingerprint density at radius 1 is 1.15 bits per heavy atom. The fraction of sp³-hybridized carbons (Fsp3) is 0.481. The van der Waals surface area contributed by atoms with Crippen molar-refractivity contribution in [1.29, 1.82) is 0 Å². The summed E-state index contributed by atoms with van der Waals surface area (Å²) in [4.78, 5) is 27.3. The third-order valence-electron chi connectivity index (χ3n) is 5.85. The van der Waals surface area contributed by atoms with Crippen LogP contribution in [0.15, 0.2) is 42.5 Å². The quantitative estimate of drug-likeness (QED) is 0.648. The van der Waals surface area contributed by atoms with Gasteiger partial charge in [-0.15, -0.1) is 0 Å². The molecule has 0 unspecified atom stereocenters. The predicted molar refractivity (Wildman–Crippen MR) is 128 cm³/mol. The largest absolute Gasteiger partial charge is 0.484 e. The standard InChI is InChI=1S/C27H35FN2O3/c1-18(2)12-14-29-24(31)17-33-22-11-8-19-13-15-30(26(32)27(3,4)5)25(23(19)16-22)20-6-9-21(28)10-7-20/h6-11,16,18,25H,12-15,17H2,1-5H3,(H,29,31)/t25-/m0/s1. The molecule has 0 saturated carbocycles. The molecule has 1 heterocycles. The third kappa shape index (κ3) is 6.34. The van der Waals surface area contributed by atoms with Crippen LogP contribution >= 0.6 is 0 Å². The van der Waals surface area contributed by atoms with E-state index in [4.69, 9.17) is 4.74 Å². The fourth-order valence-electron chi connectivity index (χ4n) is 4.04. The molecule has 33 heavy (non-hydrogen) atoms. The number of fused-ring (bicyclic) bond motifs is 1. The van der Waals surface area contributed by atoms with E-state index in [2.05, 4.69) is 19.2 Å². The number of carbonyl (C=O) groups is 2. The van der Waals surface area contributed by atoms with E-state index in [1.165, 1.54) is 12.1 Å². The van der Waals surface area contributed by atoms with Gasteiger partial charge in [0.2, 0.25) is 5.91 Å². The molecule has 0 aromatic heterocycles. The van der Waals surface area contributed by atoms with Gasteiger partial charge in [-0.2, -0.15) is 0 Å². The lowest BCUT2D eigenvalue weighted by Gasteiger charge is -2.41. The summed E-state index contributed by atoms with van der Waals surface area (Å²) in [6, 6.07) is 11.7. The van der Waals surface area contributed by atoms with Crippen molar-refractivity contribution in [3.8, 4) is 5.75 Å². The Morgan fingerprint density at radius 2 is 1.85 bits per heavy atom. The molecular formula is C27H35FN2O3. The number of hydrogen-bond acceptors (Lipinski definition) is 3. The third-order valence-corrected chi connectivity index (χ3v) is 5.85. The number of benzene rings is 2. The molecule has 3 rings (SSSR count). The van der Waals surface area contributed by atoms with Crippen LogP contribution in [0.25, 0.3) is 0 Å². The fourth-order valence-corrected chi connectivity index (χ4v) is 4.04. The second kappa shape index (κ2) is 10.4.